The standard InChI is InChI=1S/C16H26N2O3/c1-11-7-6-8-12(2)15(11)21-10-14(19)9-17-13(3)16(20)18(4)5/h6-8,13-14,17,19H,9-10H2,1-5H3. The maximum atomic E-state index is 11.7. The Morgan fingerprint density at radius 3 is 2.43 bits per heavy atom. The van der Waals surface area contributed by atoms with E-state index in [0.717, 1.165) is 16.9 Å². The Kier molecular flexibility index (Phi) is 6.65. The molecule has 0 fully saturated rings. The van der Waals surface area contributed by atoms with Gasteiger partial charge in [0, 0.05) is 20.6 Å². The van der Waals surface area contributed by atoms with Gasteiger partial charge in [-0.2, -0.15) is 0 Å². The van der Waals surface area contributed by atoms with Gasteiger partial charge in [0.25, 0.3) is 0 Å². The van der Waals surface area contributed by atoms with Gasteiger partial charge < -0.3 is 20.1 Å². The van der Waals surface area contributed by atoms with Crippen molar-refractivity contribution in [2.75, 3.05) is 27.2 Å². The lowest BCUT2D eigenvalue weighted by Gasteiger charge is -2.20. The largest absolute Gasteiger partial charge is 0.490 e. The topological polar surface area (TPSA) is 61.8 Å². The third kappa shape index (κ3) is 5.36. The Morgan fingerprint density at radius 1 is 1.33 bits per heavy atom. The van der Waals surface area contributed by atoms with Gasteiger partial charge in [-0.1, -0.05) is 18.2 Å². The van der Waals surface area contributed by atoms with Crippen LogP contribution >= 0.6 is 0 Å². The zero-order valence-electron chi connectivity index (χ0n) is 13.5. The van der Waals surface area contributed by atoms with Gasteiger partial charge in [0.05, 0.1) is 6.04 Å². The van der Waals surface area contributed by atoms with Crippen LogP contribution in [0, 0.1) is 13.8 Å². The number of hydrogen-bond acceptors (Lipinski definition) is 4. The van der Waals surface area contributed by atoms with Crippen molar-refractivity contribution in [3.63, 3.8) is 0 Å². The maximum Gasteiger partial charge on any atom is 0.238 e. The number of aliphatic hydroxyl groups excluding tert-OH is 1. The molecule has 118 valence electrons. The number of benzene rings is 1. The van der Waals surface area contributed by atoms with E-state index < -0.39 is 6.10 Å². The van der Waals surface area contributed by atoms with E-state index in [0.29, 0.717) is 6.54 Å². The Balaban J connectivity index is 2.41. The first-order valence-corrected chi connectivity index (χ1v) is 7.14. The number of nitrogens with zero attached hydrogens (tertiary/aromatic N) is 1. The average molecular weight is 294 g/mol. The number of likely N-dealkylation sites (N-methyl/N-ethyl adjacent to an activating group) is 1. The number of carbonyl (C=O) groups excluding carboxylic acids is 1. The first-order valence-electron chi connectivity index (χ1n) is 7.14. The zero-order chi connectivity index (χ0) is 16.0. The number of hydrogen-bond donors (Lipinski definition) is 2. The molecule has 0 aromatic heterocycles. The number of nitrogens with one attached hydrogen (secondary N) is 1. The van der Waals surface area contributed by atoms with Crippen molar-refractivity contribution >= 4 is 5.91 Å². The van der Waals surface area contributed by atoms with E-state index >= 15 is 0 Å². The number of aryl methyl sites for hydroxylation is 2. The Labute approximate surface area is 126 Å². The fraction of sp³-hybridized carbons (Fsp3) is 0.562. The van der Waals surface area contributed by atoms with Gasteiger partial charge in [-0.15, -0.1) is 0 Å². The molecule has 0 aliphatic heterocycles. The van der Waals surface area contributed by atoms with Crippen LogP contribution in [0.2, 0.25) is 0 Å². The first-order chi connectivity index (χ1) is 9.82. The summed E-state index contributed by atoms with van der Waals surface area (Å²) >= 11 is 0. The van der Waals surface area contributed by atoms with Gasteiger partial charge in [-0.05, 0) is 31.9 Å². The fourth-order valence-electron chi connectivity index (χ4n) is 2.05. The van der Waals surface area contributed by atoms with Gasteiger partial charge in [-0.3, -0.25) is 4.79 Å². The second-order valence-corrected chi connectivity index (χ2v) is 5.55. The summed E-state index contributed by atoms with van der Waals surface area (Å²) in [7, 11) is 3.42. The molecule has 0 aliphatic carbocycles. The van der Waals surface area contributed by atoms with Gasteiger partial charge in [0.15, 0.2) is 0 Å². The Hall–Kier alpha value is -1.59. The van der Waals surface area contributed by atoms with Gasteiger partial charge in [0.2, 0.25) is 5.91 Å². The number of ether oxygens (including phenoxy) is 1. The van der Waals surface area contributed by atoms with E-state index in [1.165, 1.54) is 4.90 Å². The summed E-state index contributed by atoms with van der Waals surface area (Å²) in [5.74, 6) is 0.798. The van der Waals surface area contributed by atoms with Crippen LogP contribution in [0.15, 0.2) is 18.2 Å². The first kappa shape index (κ1) is 17.5. The van der Waals surface area contributed by atoms with Crippen molar-refractivity contribution in [2.24, 2.45) is 0 Å². The third-order valence-corrected chi connectivity index (χ3v) is 3.30. The lowest BCUT2D eigenvalue weighted by Crippen LogP contribution is -2.45. The molecule has 1 rings (SSSR count). The molecule has 2 N–H and O–H groups in total. The zero-order valence-corrected chi connectivity index (χ0v) is 13.5. The van der Waals surface area contributed by atoms with Crippen LogP contribution in [0.3, 0.4) is 0 Å². The quantitative estimate of drug-likeness (QED) is 0.791. The van der Waals surface area contributed by atoms with Crippen LogP contribution in [0.4, 0.5) is 0 Å². The van der Waals surface area contributed by atoms with E-state index in [1.54, 1.807) is 21.0 Å². The average Bonchev–Trinajstić information content (AvgIpc) is 2.43. The molecule has 0 bridgehead atoms. The molecular weight excluding hydrogens is 268 g/mol. The van der Waals surface area contributed by atoms with Crippen molar-refractivity contribution < 1.29 is 14.6 Å². The van der Waals surface area contributed by atoms with E-state index in [9.17, 15) is 9.90 Å². The summed E-state index contributed by atoms with van der Waals surface area (Å²) in [6.45, 7) is 6.24. The molecule has 0 radical (unpaired) electrons. The van der Waals surface area contributed by atoms with Crippen molar-refractivity contribution in [1.29, 1.82) is 0 Å². The molecule has 1 amide bonds. The lowest BCUT2D eigenvalue weighted by atomic mass is 10.1. The molecular formula is C16H26N2O3. The minimum Gasteiger partial charge on any atom is -0.490 e. The van der Waals surface area contributed by atoms with Crippen LogP contribution in [0.1, 0.15) is 18.1 Å². The molecule has 1 aromatic rings. The normalized spacial score (nSPS) is 13.6. The second kappa shape index (κ2) is 8.00. The van der Waals surface area contributed by atoms with Crippen LogP contribution in [-0.2, 0) is 4.79 Å². The Bertz CT molecular complexity index is 454. The minimum absolute atomic E-state index is 0.0159. The minimum atomic E-state index is -0.665. The molecule has 0 aliphatic rings. The van der Waals surface area contributed by atoms with E-state index in [1.807, 2.05) is 32.0 Å². The SMILES string of the molecule is Cc1cccc(C)c1OCC(O)CNC(C)C(=O)N(C)C. The number of para-hydroxylation sites is 1. The highest BCUT2D eigenvalue weighted by molar-refractivity contribution is 5.80. The summed E-state index contributed by atoms with van der Waals surface area (Å²) in [5.41, 5.74) is 2.10. The van der Waals surface area contributed by atoms with Crippen molar-refractivity contribution in [3.05, 3.63) is 29.3 Å². The number of carbonyl (C=O) groups is 1. The summed E-state index contributed by atoms with van der Waals surface area (Å²) in [6.07, 6.45) is -0.665. The number of rotatable bonds is 7. The summed E-state index contributed by atoms with van der Waals surface area (Å²) in [4.78, 5) is 13.2. The summed E-state index contributed by atoms with van der Waals surface area (Å²) in [5, 5.41) is 13.0. The molecule has 0 saturated heterocycles. The molecule has 0 spiro atoms. The Morgan fingerprint density at radius 2 is 1.90 bits per heavy atom. The molecule has 2 atom stereocenters. The fourth-order valence-corrected chi connectivity index (χ4v) is 2.05. The molecule has 5 nitrogen and oxygen atoms in total. The van der Waals surface area contributed by atoms with Crippen molar-refractivity contribution in [1.82, 2.24) is 10.2 Å². The predicted molar refractivity (Wildman–Crippen MR) is 83.6 cm³/mol. The third-order valence-electron chi connectivity index (χ3n) is 3.30. The molecule has 0 heterocycles. The van der Waals surface area contributed by atoms with Gasteiger partial charge in [-0.25, -0.2) is 0 Å². The van der Waals surface area contributed by atoms with Crippen molar-refractivity contribution in [2.45, 2.75) is 32.9 Å². The molecule has 21 heavy (non-hydrogen) atoms. The van der Waals surface area contributed by atoms with Gasteiger partial charge >= 0.3 is 0 Å². The van der Waals surface area contributed by atoms with Crippen LogP contribution in [0.25, 0.3) is 0 Å². The highest BCUT2D eigenvalue weighted by Crippen LogP contribution is 2.22. The van der Waals surface area contributed by atoms with Crippen LogP contribution < -0.4 is 10.1 Å². The molecule has 1 aromatic carbocycles. The second-order valence-electron chi connectivity index (χ2n) is 5.55. The predicted octanol–water partition coefficient (Wildman–Crippen LogP) is 1.11. The highest BCUT2D eigenvalue weighted by atomic mass is 16.5. The molecule has 2 unspecified atom stereocenters. The number of aliphatic hydroxyl groups is 1. The lowest BCUT2D eigenvalue weighted by molar-refractivity contribution is -0.130. The van der Waals surface area contributed by atoms with E-state index in [2.05, 4.69) is 5.32 Å². The summed E-state index contributed by atoms with van der Waals surface area (Å²) < 4.78 is 5.68. The monoisotopic (exact) mass is 294 g/mol. The van der Waals surface area contributed by atoms with Crippen LogP contribution in [0.5, 0.6) is 5.75 Å². The molecule has 0 saturated carbocycles. The van der Waals surface area contributed by atoms with E-state index in [-0.39, 0.29) is 18.6 Å². The summed E-state index contributed by atoms with van der Waals surface area (Å²) in [6, 6.07) is 5.61. The maximum absolute atomic E-state index is 11.7. The van der Waals surface area contributed by atoms with Gasteiger partial charge in [0.1, 0.15) is 18.5 Å². The smallest absolute Gasteiger partial charge is 0.238 e. The van der Waals surface area contributed by atoms with E-state index in [4.69, 9.17) is 4.74 Å². The van der Waals surface area contributed by atoms with Crippen LogP contribution in [-0.4, -0.2) is 55.3 Å². The highest BCUT2D eigenvalue weighted by Gasteiger charge is 2.16. The molecule has 5 heteroatoms. The van der Waals surface area contributed by atoms with Crippen molar-refractivity contribution in [3.8, 4) is 5.75 Å². The number of amides is 1.